The number of carbonyl (C=O) groups is 1. The summed E-state index contributed by atoms with van der Waals surface area (Å²) < 4.78 is 0. The van der Waals surface area contributed by atoms with Gasteiger partial charge in [0.2, 0.25) is 5.91 Å². The van der Waals surface area contributed by atoms with Crippen LogP contribution in [0.1, 0.15) is 32.4 Å². The second-order valence-corrected chi connectivity index (χ2v) is 8.34. The number of nitrogens with one attached hydrogen (secondary N) is 2. The van der Waals surface area contributed by atoms with E-state index in [2.05, 4.69) is 15.3 Å². The van der Waals surface area contributed by atoms with Gasteiger partial charge in [-0.25, -0.2) is 4.98 Å². The number of aryl methyl sites for hydroxylation is 4. The normalized spacial score (nSPS) is 11.1. The molecule has 3 heterocycles. The molecule has 0 bridgehead atoms. The van der Waals surface area contributed by atoms with Gasteiger partial charge in [-0.1, -0.05) is 0 Å². The van der Waals surface area contributed by atoms with Crippen molar-refractivity contribution in [3.8, 4) is 0 Å². The van der Waals surface area contributed by atoms with Gasteiger partial charge in [-0.05, 0) is 38.5 Å². The highest BCUT2D eigenvalue weighted by Crippen LogP contribution is 2.25. The molecule has 3 aromatic heterocycles. The van der Waals surface area contributed by atoms with Crippen LogP contribution in [-0.2, 0) is 17.8 Å². The third-order valence-electron chi connectivity index (χ3n) is 3.93. The molecule has 0 radical (unpaired) electrons. The summed E-state index contributed by atoms with van der Waals surface area (Å²) in [5.74, 6) is 0.526. The smallest absolute Gasteiger partial charge is 0.259 e. The first-order valence-corrected chi connectivity index (χ1v) is 9.38. The Hall–Kier alpha value is -1.99. The SMILES string of the molecule is Cc1ccc(CNC(=O)CCc2nc3sc(C)c(C)c3c(=O)[nH]2)s1. The Kier molecular flexibility index (Phi) is 4.82. The zero-order valence-electron chi connectivity index (χ0n) is 13.9. The number of H-pyrrole nitrogens is 1. The van der Waals surface area contributed by atoms with Gasteiger partial charge in [-0.3, -0.25) is 9.59 Å². The Bertz CT molecular complexity index is 953. The van der Waals surface area contributed by atoms with Crippen molar-refractivity contribution in [3.05, 3.63) is 48.5 Å². The topological polar surface area (TPSA) is 74.8 Å². The van der Waals surface area contributed by atoms with E-state index < -0.39 is 0 Å². The summed E-state index contributed by atoms with van der Waals surface area (Å²) in [7, 11) is 0. The van der Waals surface area contributed by atoms with Crippen LogP contribution < -0.4 is 10.9 Å². The lowest BCUT2D eigenvalue weighted by molar-refractivity contribution is -0.121. The molecule has 3 aromatic rings. The largest absolute Gasteiger partial charge is 0.351 e. The van der Waals surface area contributed by atoms with Crippen LogP contribution in [0.25, 0.3) is 10.2 Å². The van der Waals surface area contributed by atoms with Crippen molar-refractivity contribution in [1.29, 1.82) is 0 Å². The number of aromatic amines is 1. The number of aromatic nitrogens is 2. The number of nitrogens with zero attached hydrogens (tertiary/aromatic N) is 1. The van der Waals surface area contributed by atoms with Crippen LogP contribution in [0, 0.1) is 20.8 Å². The number of amides is 1. The van der Waals surface area contributed by atoms with Crippen LogP contribution in [0.5, 0.6) is 0 Å². The highest BCUT2D eigenvalue weighted by atomic mass is 32.1. The molecule has 0 fully saturated rings. The molecular weight excluding hydrogens is 342 g/mol. The van der Waals surface area contributed by atoms with Crippen LogP contribution in [0.15, 0.2) is 16.9 Å². The molecule has 0 aromatic carbocycles. The molecule has 7 heteroatoms. The highest BCUT2D eigenvalue weighted by Gasteiger charge is 2.12. The lowest BCUT2D eigenvalue weighted by Gasteiger charge is -2.04. The third kappa shape index (κ3) is 3.57. The van der Waals surface area contributed by atoms with Gasteiger partial charge in [-0.2, -0.15) is 0 Å². The highest BCUT2D eigenvalue weighted by molar-refractivity contribution is 7.18. The van der Waals surface area contributed by atoms with E-state index in [1.807, 2.05) is 32.9 Å². The van der Waals surface area contributed by atoms with E-state index in [9.17, 15) is 9.59 Å². The van der Waals surface area contributed by atoms with Crippen LogP contribution in [0.3, 0.4) is 0 Å². The molecule has 5 nitrogen and oxygen atoms in total. The lowest BCUT2D eigenvalue weighted by Crippen LogP contribution is -2.23. The fourth-order valence-corrected chi connectivity index (χ4v) is 4.38. The van der Waals surface area contributed by atoms with Crippen molar-refractivity contribution >= 4 is 38.8 Å². The van der Waals surface area contributed by atoms with Gasteiger partial charge >= 0.3 is 0 Å². The fraction of sp³-hybridized carbons (Fsp3) is 0.353. The summed E-state index contributed by atoms with van der Waals surface area (Å²) in [6.07, 6.45) is 0.735. The molecule has 0 aliphatic rings. The van der Waals surface area contributed by atoms with E-state index in [4.69, 9.17) is 0 Å². The predicted molar refractivity (Wildman–Crippen MR) is 98.9 cm³/mol. The fourth-order valence-electron chi connectivity index (χ4n) is 2.50. The molecule has 0 unspecified atom stereocenters. The first kappa shape index (κ1) is 16.9. The van der Waals surface area contributed by atoms with Gasteiger partial charge in [0.1, 0.15) is 10.7 Å². The lowest BCUT2D eigenvalue weighted by atomic mass is 10.2. The summed E-state index contributed by atoms with van der Waals surface area (Å²) in [4.78, 5) is 35.7. The molecule has 0 spiro atoms. The predicted octanol–water partition coefficient (Wildman–Crippen LogP) is 3.22. The second-order valence-electron chi connectivity index (χ2n) is 5.77. The number of hydrogen-bond acceptors (Lipinski definition) is 5. The molecule has 1 amide bonds. The quantitative estimate of drug-likeness (QED) is 0.733. The van der Waals surface area contributed by atoms with Crippen molar-refractivity contribution in [3.63, 3.8) is 0 Å². The van der Waals surface area contributed by atoms with Crippen LogP contribution in [-0.4, -0.2) is 15.9 Å². The van der Waals surface area contributed by atoms with E-state index in [-0.39, 0.29) is 11.5 Å². The van der Waals surface area contributed by atoms with Crippen molar-refractivity contribution < 1.29 is 4.79 Å². The van der Waals surface area contributed by atoms with E-state index in [1.54, 1.807) is 11.3 Å². The molecule has 2 N–H and O–H groups in total. The Labute approximate surface area is 147 Å². The number of fused-ring (bicyclic) bond motifs is 1. The second kappa shape index (κ2) is 6.86. The van der Waals surface area contributed by atoms with Crippen molar-refractivity contribution in [2.75, 3.05) is 0 Å². The molecule has 0 aliphatic carbocycles. The molecule has 0 saturated carbocycles. The minimum Gasteiger partial charge on any atom is -0.351 e. The maximum atomic E-state index is 12.2. The van der Waals surface area contributed by atoms with Gasteiger partial charge in [0.25, 0.3) is 5.56 Å². The molecule has 126 valence electrons. The van der Waals surface area contributed by atoms with Crippen LogP contribution in [0.4, 0.5) is 0 Å². The zero-order chi connectivity index (χ0) is 17.3. The van der Waals surface area contributed by atoms with Crippen molar-refractivity contribution in [1.82, 2.24) is 15.3 Å². The van der Waals surface area contributed by atoms with Crippen molar-refractivity contribution in [2.45, 2.75) is 40.2 Å². The van der Waals surface area contributed by atoms with Crippen LogP contribution in [0.2, 0.25) is 0 Å². The number of thiophene rings is 2. The summed E-state index contributed by atoms with van der Waals surface area (Å²) in [6.45, 7) is 6.51. The maximum absolute atomic E-state index is 12.2. The molecule has 0 saturated heterocycles. The van der Waals surface area contributed by atoms with E-state index in [0.29, 0.717) is 30.6 Å². The Morgan fingerprint density at radius 1 is 1.25 bits per heavy atom. The van der Waals surface area contributed by atoms with Gasteiger partial charge in [0.15, 0.2) is 0 Å². The summed E-state index contributed by atoms with van der Waals surface area (Å²) in [5.41, 5.74) is 0.866. The average Bonchev–Trinajstić information content (AvgIpc) is 3.07. The monoisotopic (exact) mass is 361 g/mol. The van der Waals surface area contributed by atoms with Crippen molar-refractivity contribution in [2.24, 2.45) is 0 Å². The Balaban J connectivity index is 1.63. The summed E-state index contributed by atoms with van der Waals surface area (Å²) >= 11 is 3.20. The van der Waals surface area contributed by atoms with Gasteiger partial charge in [0.05, 0.1) is 11.9 Å². The average molecular weight is 361 g/mol. The molecule has 3 rings (SSSR count). The standard InChI is InChI=1S/C17H19N3O2S2/c1-9-4-5-12(23-9)8-18-14(21)7-6-13-19-16(22)15-10(2)11(3)24-17(15)20-13/h4-5H,6-8H2,1-3H3,(H,18,21)(H,19,20,22). The molecule has 24 heavy (non-hydrogen) atoms. The molecular formula is C17H19N3O2S2. The van der Waals surface area contributed by atoms with Gasteiger partial charge in [0, 0.05) is 27.5 Å². The number of carbonyl (C=O) groups excluding carboxylic acids is 1. The molecule has 0 atom stereocenters. The number of rotatable bonds is 5. The minimum absolute atomic E-state index is 0.0395. The maximum Gasteiger partial charge on any atom is 0.259 e. The van der Waals surface area contributed by atoms with Gasteiger partial charge < -0.3 is 10.3 Å². The molecule has 0 aliphatic heterocycles. The van der Waals surface area contributed by atoms with E-state index >= 15 is 0 Å². The zero-order valence-corrected chi connectivity index (χ0v) is 15.5. The Morgan fingerprint density at radius 2 is 2.04 bits per heavy atom. The third-order valence-corrected chi connectivity index (χ3v) is 6.03. The minimum atomic E-state index is -0.119. The van der Waals surface area contributed by atoms with E-state index in [1.165, 1.54) is 16.2 Å². The first-order chi connectivity index (χ1) is 11.4. The first-order valence-electron chi connectivity index (χ1n) is 7.75. The Morgan fingerprint density at radius 3 is 2.75 bits per heavy atom. The number of hydrogen-bond donors (Lipinski definition) is 2. The van der Waals surface area contributed by atoms with E-state index in [0.717, 1.165) is 20.1 Å². The summed E-state index contributed by atoms with van der Waals surface area (Å²) in [6, 6.07) is 4.07. The summed E-state index contributed by atoms with van der Waals surface area (Å²) in [5, 5.41) is 3.57. The van der Waals surface area contributed by atoms with Crippen LogP contribution >= 0.6 is 22.7 Å². The van der Waals surface area contributed by atoms with Gasteiger partial charge in [-0.15, -0.1) is 22.7 Å².